The lowest BCUT2D eigenvalue weighted by atomic mass is 9.81. The maximum atomic E-state index is 6.50. The summed E-state index contributed by atoms with van der Waals surface area (Å²) in [6, 6.07) is 84.9. The lowest BCUT2D eigenvalue weighted by molar-refractivity contribution is 0.660. The van der Waals surface area contributed by atoms with Crippen molar-refractivity contribution in [1.82, 2.24) is 14.5 Å². The van der Waals surface area contributed by atoms with Gasteiger partial charge in [-0.3, -0.25) is 0 Å². The van der Waals surface area contributed by atoms with Gasteiger partial charge in [0, 0.05) is 49.3 Å². The predicted octanol–water partition coefficient (Wildman–Crippen LogP) is 17.8. The van der Waals surface area contributed by atoms with Gasteiger partial charge in [0.25, 0.3) is 0 Å². The van der Waals surface area contributed by atoms with Crippen molar-refractivity contribution in [3.63, 3.8) is 0 Å². The van der Waals surface area contributed by atoms with E-state index >= 15 is 0 Å². The zero-order valence-electron chi connectivity index (χ0n) is 39.3. The van der Waals surface area contributed by atoms with Gasteiger partial charge in [0.05, 0.1) is 22.4 Å². The minimum atomic E-state index is -0.220. The number of fused-ring (bicyclic) bond motifs is 9. The third kappa shape index (κ3) is 6.67. The van der Waals surface area contributed by atoms with Crippen LogP contribution in [-0.2, 0) is 5.41 Å². The molecule has 0 radical (unpaired) electrons. The smallest absolute Gasteiger partial charge is 0.160 e. The highest BCUT2D eigenvalue weighted by Gasteiger charge is 2.37. The predicted molar refractivity (Wildman–Crippen MR) is 294 cm³/mol. The summed E-state index contributed by atoms with van der Waals surface area (Å²) >= 11 is 0. The van der Waals surface area contributed by atoms with Gasteiger partial charge in [-0.15, -0.1) is 0 Å². The Balaban J connectivity index is 0.829. The first-order valence-corrected chi connectivity index (χ1v) is 24.4. The van der Waals surface area contributed by atoms with Crippen molar-refractivity contribution in [2.45, 2.75) is 19.3 Å². The molecule has 334 valence electrons. The molecule has 3 aromatic heterocycles. The Morgan fingerprint density at radius 3 is 1.58 bits per heavy atom. The summed E-state index contributed by atoms with van der Waals surface area (Å²) in [4.78, 5) is 10.3. The molecule has 0 saturated carbocycles. The van der Waals surface area contributed by atoms with Crippen LogP contribution in [0.1, 0.15) is 25.0 Å². The van der Waals surface area contributed by atoms with E-state index in [0.29, 0.717) is 5.82 Å². The molecular weight excluding hydrogens is 863 g/mol. The van der Waals surface area contributed by atoms with Crippen molar-refractivity contribution in [1.29, 1.82) is 0 Å². The molecule has 0 saturated heterocycles. The van der Waals surface area contributed by atoms with Crippen molar-refractivity contribution in [3.8, 4) is 84.1 Å². The molecule has 4 heteroatoms. The summed E-state index contributed by atoms with van der Waals surface area (Å²) in [5.41, 5.74) is 22.2. The van der Waals surface area contributed by atoms with Gasteiger partial charge in [0.2, 0.25) is 0 Å². The quantitative estimate of drug-likeness (QED) is 0.160. The van der Waals surface area contributed by atoms with Crippen LogP contribution >= 0.6 is 0 Å². The van der Waals surface area contributed by atoms with Gasteiger partial charge < -0.3 is 8.98 Å². The van der Waals surface area contributed by atoms with Crippen LogP contribution < -0.4 is 0 Å². The van der Waals surface area contributed by atoms with Gasteiger partial charge in [-0.25, -0.2) is 9.97 Å². The molecule has 71 heavy (non-hydrogen) atoms. The molecule has 0 fully saturated rings. The zero-order chi connectivity index (χ0) is 47.2. The largest absolute Gasteiger partial charge is 0.456 e. The fourth-order valence-corrected chi connectivity index (χ4v) is 11.3. The van der Waals surface area contributed by atoms with E-state index in [2.05, 4.69) is 243 Å². The number of aromatic nitrogens is 3. The highest BCUT2D eigenvalue weighted by molar-refractivity contribution is 6.12. The second-order valence-electron chi connectivity index (χ2n) is 19.3. The Hall–Kier alpha value is -9.12. The lowest BCUT2D eigenvalue weighted by Crippen LogP contribution is -2.15. The Kier molecular flexibility index (Phi) is 9.21. The van der Waals surface area contributed by atoms with Gasteiger partial charge in [-0.2, -0.15) is 0 Å². The molecule has 4 nitrogen and oxygen atoms in total. The van der Waals surface area contributed by atoms with Crippen molar-refractivity contribution in [2.75, 3.05) is 0 Å². The van der Waals surface area contributed by atoms with E-state index in [4.69, 9.17) is 14.4 Å². The number of nitrogens with zero attached hydrogens (tertiary/aromatic N) is 3. The molecule has 0 atom stereocenters. The van der Waals surface area contributed by atoms with E-state index < -0.39 is 0 Å². The van der Waals surface area contributed by atoms with Crippen LogP contribution in [0.4, 0.5) is 0 Å². The van der Waals surface area contributed by atoms with Crippen LogP contribution in [-0.4, -0.2) is 14.5 Å². The average molecular weight is 908 g/mol. The van der Waals surface area contributed by atoms with Crippen LogP contribution in [0.5, 0.6) is 0 Å². The summed E-state index contributed by atoms with van der Waals surface area (Å²) in [6.07, 6.45) is 0. The van der Waals surface area contributed by atoms with E-state index in [0.717, 1.165) is 72.4 Å². The Morgan fingerprint density at radius 2 is 0.887 bits per heavy atom. The van der Waals surface area contributed by atoms with Gasteiger partial charge in [-0.05, 0) is 128 Å². The summed E-state index contributed by atoms with van der Waals surface area (Å²) < 4.78 is 8.86. The van der Waals surface area contributed by atoms with Crippen LogP contribution in [0.15, 0.2) is 241 Å². The third-order valence-electron chi connectivity index (χ3n) is 14.8. The second-order valence-corrected chi connectivity index (χ2v) is 19.3. The maximum absolute atomic E-state index is 6.50. The van der Waals surface area contributed by atoms with Crippen LogP contribution in [0.3, 0.4) is 0 Å². The number of rotatable bonds is 7. The first-order valence-electron chi connectivity index (χ1n) is 24.4. The number of furan rings is 1. The van der Waals surface area contributed by atoms with Crippen LogP contribution in [0.2, 0.25) is 0 Å². The van der Waals surface area contributed by atoms with Gasteiger partial charge in [0.15, 0.2) is 5.82 Å². The van der Waals surface area contributed by atoms with E-state index in [1.807, 2.05) is 12.1 Å². The Morgan fingerprint density at radius 1 is 0.352 bits per heavy atom. The van der Waals surface area contributed by atoms with E-state index in [9.17, 15) is 0 Å². The standard InChI is InChI=1S/C67H45N3O/c1-67(2)57-26-15-25-51(48-20-14-21-49(36-48)66-68-59(42-16-6-3-7-17-42)41-60(69-66)43-18-8-4-9-19-43)65(57)53-32-28-47(40-58(53)67)46-31-35-64-56(39-46)55-38-45(30-34-63(55)71-64)44-29-33-62-54(37-44)52-24-12-13-27-61(52)70(62)50-22-10-5-11-23-50/h3-41H,1-2H3. The number of para-hydroxylation sites is 2. The molecule has 3 heterocycles. The van der Waals surface area contributed by atoms with Crippen molar-refractivity contribution >= 4 is 43.7 Å². The fourth-order valence-electron chi connectivity index (χ4n) is 11.3. The molecule has 0 amide bonds. The molecule has 0 bridgehead atoms. The number of benzene rings is 10. The molecule has 1 aliphatic carbocycles. The SMILES string of the molecule is CC1(C)c2cc(-c3ccc4oc5ccc(-c6ccc7c(c6)c6ccccc6n7-c6ccccc6)cc5c4c3)ccc2-c2c(-c3cccc(-c4nc(-c5ccccc5)cc(-c5ccccc5)n4)c3)cccc21. The van der Waals surface area contributed by atoms with Crippen molar-refractivity contribution in [2.24, 2.45) is 0 Å². The van der Waals surface area contributed by atoms with E-state index in [-0.39, 0.29) is 5.41 Å². The van der Waals surface area contributed by atoms with Gasteiger partial charge in [-0.1, -0.05) is 178 Å². The van der Waals surface area contributed by atoms with E-state index in [1.54, 1.807) is 0 Å². The lowest BCUT2D eigenvalue weighted by Gasteiger charge is -2.22. The van der Waals surface area contributed by atoms with Crippen molar-refractivity contribution < 1.29 is 4.42 Å². The van der Waals surface area contributed by atoms with E-state index in [1.165, 1.54) is 60.8 Å². The molecule has 0 spiro atoms. The second kappa shape index (κ2) is 16.0. The first kappa shape index (κ1) is 40.9. The van der Waals surface area contributed by atoms with Gasteiger partial charge in [0.1, 0.15) is 11.2 Å². The summed E-state index contributed by atoms with van der Waals surface area (Å²) in [5, 5.41) is 4.70. The maximum Gasteiger partial charge on any atom is 0.160 e. The summed E-state index contributed by atoms with van der Waals surface area (Å²) in [7, 11) is 0. The third-order valence-corrected chi connectivity index (χ3v) is 14.8. The first-order chi connectivity index (χ1) is 34.9. The average Bonchev–Trinajstić information content (AvgIpc) is 4.05. The van der Waals surface area contributed by atoms with Gasteiger partial charge >= 0.3 is 0 Å². The molecule has 10 aromatic carbocycles. The summed E-state index contributed by atoms with van der Waals surface area (Å²) in [6.45, 7) is 4.72. The topological polar surface area (TPSA) is 43.9 Å². The Labute approximate surface area is 411 Å². The minimum Gasteiger partial charge on any atom is -0.456 e. The molecule has 0 N–H and O–H groups in total. The summed E-state index contributed by atoms with van der Waals surface area (Å²) in [5.74, 6) is 0.702. The normalized spacial score (nSPS) is 12.8. The molecule has 13 aromatic rings. The minimum absolute atomic E-state index is 0.220. The molecule has 0 unspecified atom stereocenters. The highest BCUT2D eigenvalue weighted by atomic mass is 16.3. The van der Waals surface area contributed by atoms with Crippen LogP contribution in [0, 0.1) is 0 Å². The molecule has 1 aliphatic rings. The molecular formula is C67H45N3O. The number of hydrogen-bond donors (Lipinski definition) is 0. The molecule has 0 aliphatic heterocycles. The highest BCUT2D eigenvalue weighted by Crippen LogP contribution is 2.53. The monoisotopic (exact) mass is 907 g/mol. The van der Waals surface area contributed by atoms with Crippen LogP contribution in [0.25, 0.3) is 128 Å². The Bertz CT molecular complexity index is 4180. The molecule has 14 rings (SSSR count). The van der Waals surface area contributed by atoms with Crippen molar-refractivity contribution in [3.05, 3.63) is 248 Å². The zero-order valence-corrected chi connectivity index (χ0v) is 39.3. The number of hydrogen-bond acceptors (Lipinski definition) is 3. The fraction of sp³-hybridized carbons (Fsp3) is 0.0448.